The van der Waals surface area contributed by atoms with E-state index < -0.39 is 6.04 Å². The molecule has 2 aromatic carbocycles. The van der Waals surface area contributed by atoms with Crippen molar-refractivity contribution in [3.8, 4) is 11.5 Å². The zero-order valence-corrected chi connectivity index (χ0v) is 20.2. The molecule has 2 amide bonds. The van der Waals surface area contributed by atoms with Gasteiger partial charge in [-0.05, 0) is 55.9 Å². The highest BCUT2D eigenvalue weighted by Crippen LogP contribution is 2.32. The third kappa shape index (κ3) is 6.82. The molecule has 1 aliphatic heterocycles. The second kappa shape index (κ2) is 12.0. The summed E-state index contributed by atoms with van der Waals surface area (Å²) in [5, 5.41) is 12.5. The number of aliphatic hydroxyl groups is 1. The number of amides is 2. The van der Waals surface area contributed by atoms with Crippen LogP contribution in [-0.4, -0.2) is 73.7 Å². The fourth-order valence-electron chi connectivity index (χ4n) is 3.93. The summed E-state index contributed by atoms with van der Waals surface area (Å²) in [4.78, 5) is 16.7. The van der Waals surface area contributed by atoms with Crippen LogP contribution in [0.5, 0.6) is 11.5 Å². The molecule has 2 N–H and O–H groups in total. The standard InChI is InChI=1S/C25H34FN3O5/c1-17(12-29(18(2)15-30)25(31)27-21-8-6-20(26)7-9-21)24(32-4)14-28(3)13-19-5-10-22-23(11-19)34-16-33-22/h5-11,17-18,24,30H,12-16H2,1-4H3,(H,27,31)/t17-,18-,24+/m0/s1. The molecule has 0 saturated carbocycles. The molecule has 3 atom stereocenters. The van der Waals surface area contributed by atoms with Crippen LogP contribution in [0.25, 0.3) is 0 Å². The molecule has 0 aromatic heterocycles. The SMILES string of the molecule is CO[C@H](CN(C)Cc1ccc2c(c1)OCO2)[C@@H](C)CN(C(=O)Nc1ccc(F)cc1)[C@@H](C)CO. The van der Waals surface area contributed by atoms with Gasteiger partial charge in [-0.3, -0.25) is 4.90 Å². The number of halogens is 1. The molecule has 0 saturated heterocycles. The van der Waals surface area contributed by atoms with Crippen LogP contribution >= 0.6 is 0 Å². The molecule has 0 spiro atoms. The van der Waals surface area contributed by atoms with Gasteiger partial charge in [-0.1, -0.05) is 13.0 Å². The first kappa shape index (κ1) is 25.7. The van der Waals surface area contributed by atoms with Crippen LogP contribution in [0.4, 0.5) is 14.9 Å². The lowest BCUT2D eigenvalue weighted by molar-refractivity contribution is 0.0177. The predicted octanol–water partition coefficient (Wildman–Crippen LogP) is 3.55. The summed E-state index contributed by atoms with van der Waals surface area (Å²) >= 11 is 0. The first-order valence-corrected chi connectivity index (χ1v) is 11.3. The average Bonchev–Trinajstić information content (AvgIpc) is 3.29. The van der Waals surface area contributed by atoms with Crippen molar-refractivity contribution in [3.63, 3.8) is 0 Å². The van der Waals surface area contributed by atoms with Gasteiger partial charge in [0.2, 0.25) is 6.79 Å². The first-order valence-electron chi connectivity index (χ1n) is 11.3. The molecule has 0 radical (unpaired) electrons. The van der Waals surface area contributed by atoms with Gasteiger partial charge in [-0.2, -0.15) is 0 Å². The minimum atomic E-state index is -0.397. The zero-order valence-electron chi connectivity index (χ0n) is 20.2. The second-order valence-electron chi connectivity index (χ2n) is 8.76. The first-order chi connectivity index (χ1) is 16.3. The number of fused-ring (bicyclic) bond motifs is 1. The summed E-state index contributed by atoms with van der Waals surface area (Å²) in [6, 6.07) is 10.7. The average molecular weight is 476 g/mol. The Kier molecular flexibility index (Phi) is 9.09. The molecule has 0 bridgehead atoms. The highest BCUT2D eigenvalue weighted by atomic mass is 19.1. The smallest absolute Gasteiger partial charge is 0.322 e. The van der Waals surface area contributed by atoms with Crippen molar-refractivity contribution in [1.82, 2.24) is 9.80 Å². The highest BCUT2D eigenvalue weighted by molar-refractivity contribution is 5.89. The van der Waals surface area contributed by atoms with Crippen LogP contribution in [0.15, 0.2) is 42.5 Å². The lowest BCUT2D eigenvalue weighted by Gasteiger charge is -2.34. The number of rotatable bonds is 11. The van der Waals surface area contributed by atoms with Gasteiger partial charge in [-0.25, -0.2) is 9.18 Å². The van der Waals surface area contributed by atoms with Gasteiger partial charge in [-0.15, -0.1) is 0 Å². The maximum absolute atomic E-state index is 13.2. The number of urea groups is 1. The number of carbonyl (C=O) groups excluding carboxylic acids is 1. The van der Waals surface area contributed by atoms with Crippen molar-refractivity contribution in [2.45, 2.75) is 32.5 Å². The van der Waals surface area contributed by atoms with Crippen molar-refractivity contribution in [2.24, 2.45) is 5.92 Å². The van der Waals surface area contributed by atoms with Crippen LogP contribution < -0.4 is 14.8 Å². The number of nitrogens with zero attached hydrogens (tertiary/aromatic N) is 2. The van der Waals surface area contributed by atoms with Gasteiger partial charge in [0.1, 0.15) is 5.82 Å². The van der Waals surface area contributed by atoms with Gasteiger partial charge >= 0.3 is 6.03 Å². The molecule has 3 rings (SSSR count). The number of methoxy groups -OCH3 is 1. The summed E-state index contributed by atoms with van der Waals surface area (Å²) in [6.07, 6.45) is -0.147. The van der Waals surface area contributed by atoms with Crippen LogP contribution in [0.1, 0.15) is 19.4 Å². The summed E-state index contributed by atoms with van der Waals surface area (Å²) < 4.78 is 29.8. The van der Waals surface area contributed by atoms with Crippen LogP contribution in [0.3, 0.4) is 0 Å². The lowest BCUT2D eigenvalue weighted by atomic mass is 10.0. The van der Waals surface area contributed by atoms with Gasteiger partial charge in [0, 0.05) is 38.3 Å². The number of anilines is 1. The van der Waals surface area contributed by atoms with Crippen LogP contribution in [0.2, 0.25) is 0 Å². The molecular formula is C25H34FN3O5. The normalized spacial score (nSPS) is 15.1. The Labute approximate surface area is 200 Å². The van der Waals surface area contributed by atoms with Crippen molar-refractivity contribution in [2.75, 3.05) is 46.0 Å². The van der Waals surface area contributed by atoms with E-state index in [0.717, 1.165) is 17.1 Å². The third-order valence-corrected chi connectivity index (χ3v) is 5.96. The van der Waals surface area contributed by atoms with E-state index >= 15 is 0 Å². The number of hydrogen-bond acceptors (Lipinski definition) is 6. The Balaban J connectivity index is 1.59. The molecule has 1 aliphatic rings. The van der Waals surface area contributed by atoms with E-state index in [2.05, 4.69) is 10.2 Å². The number of ether oxygens (including phenoxy) is 3. The summed E-state index contributed by atoms with van der Waals surface area (Å²) in [5.74, 6) is 1.12. The molecule has 186 valence electrons. The minimum absolute atomic E-state index is 0.0165. The van der Waals surface area contributed by atoms with Crippen molar-refractivity contribution in [1.29, 1.82) is 0 Å². The van der Waals surface area contributed by atoms with Gasteiger partial charge in [0.25, 0.3) is 0 Å². The Morgan fingerprint density at radius 2 is 1.85 bits per heavy atom. The summed E-state index contributed by atoms with van der Waals surface area (Å²) in [5.41, 5.74) is 1.59. The predicted molar refractivity (Wildman–Crippen MR) is 128 cm³/mol. The zero-order chi connectivity index (χ0) is 24.7. The fraction of sp³-hybridized carbons (Fsp3) is 0.480. The number of nitrogens with one attached hydrogen (secondary N) is 1. The number of benzene rings is 2. The number of likely N-dealkylation sites (N-methyl/N-ethyl adjacent to an activating group) is 1. The maximum Gasteiger partial charge on any atom is 0.322 e. The van der Waals surface area contributed by atoms with E-state index in [4.69, 9.17) is 14.2 Å². The Hall–Kier alpha value is -2.88. The molecule has 8 nitrogen and oxygen atoms in total. The number of hydrogen-bond donors (Lipinski definition) is 2. The topological polar surface area (TPSA) is 83.5 Å². The van der Waals surface area contributed by atoms with Crippen molar-refractivity contribution >= 4 is 11.7 Å². The fourth-order valence-corrected chi connectivity index (χ4v) is 3.93. The van der Waals surface area contributed by atoms with Gasteiger partial charge in [0.15, 0.2) is 11.5 Å². The van der Waals surface area contributed by atoms with Crippen molar-refractivity contribution in [3.05, 3.63) is 53.8 Å². The summed E-state index contributed by atoms with van der Waals surface area (Å²) in [6.45, 7) is 5.60. The van der Waals surface area contributed by atoms with Crippen LogP contribution in [-0.2, 0) is 11.3 Å². The molecule has 0 unspecified atom stereocenters. The molecule has 1 heterocycles. The van der Waals surface area contributed by atoms with E-state index in [9.17, 15) is 14.3 Å². The van der Waals surface area contributed by atoms with Gasteiger partial charge in [0.05, 0.1) is 18.8 Å². The molecular weight excluding hydrogens is 441 g/mol. The number of carbonyl (C=O) groups is 1. The third-order valence-electron chi connectivity index (χ3n) is 5.96. The van der Waals surface area contributed by atoms with E-state index in [1.54, 1.807) is 18.9 Å². The van der Waals surface area contributed by atoms with E-state index in [1.165, 1.54) is 24.3 Å². The quantitative estimate of drug-likeness (QED) is 0.517. The Morgan fingerprint density at radius 1 is 1.15 bits per heavy atom. The molecule has 0 fully saturated rings. The largest absolute Gasteiger partial charge is 0.454 e. The van der Waals surface area contributed by atoms with E-state index in [0.29, 0.717) is 25.3 Å². The highest BCUT2D eigenvalue weighted by Gasteiger charge is 2.27. The molecule has 0 aliphatic carbocycles. The lowest BCUT2D eigenvalue weighted by Crippen LogP contribution is -2.48. The summed E-state index contributed by atoms with van der Waals surface area (Å²) in [7, 11) is 3.67. The maximum atomic E-state index is 13.2. The van der Waals surface area contributed by atoms with Crippen molar-refractivity contribution < 1.29 is 28.5 Å². The molecule has 34 heavy (non-hydrogen) atoms. The molecule has 9 heteroatoms. The van der Waals surface area contributed by atoms with Crippen LogP contribution in [0, 0.1) is 11.7 Å². The van der Waals surface area contributed by atoms with Gasteiger partial charge < -0.3 is 29.5 Å². The van der Waals surface area contributed by atoms with E-state index in [1.807, 2.05) is 32.2 Å². The Morgan fingerprint density at radius 3 is 2.53 bits per heavy atom. The minimum Gasteiger partial charge on any atom is -0.454 e. The second-order valence-corrected chi connectivity index (χ2v) is 8.76. The molecule has 2 aromatic rings. The monoisotopic (exact) mass is 475 g/mol. The van der Waals surface area contributed by atoms with E-state index in [-0.39, 0.29) is 37.3 Å². The number of aliphatic hydroxyl groups excluding tert-OH is 1. The Bertz CT molecular complexity index is 943.